The van der Waals surface area contributed by atoms with Crippen LogP contribution in [0.15, 0.2) is 24.3 Å². The Morgan fingerprint density at radius 3 is 2.57 bits per heavy atom. The summed E-state index contributed by atoms with van der Waals surface area (Å²) in [5.41, 5.74) is 1.90. The van der Waals surface area contributed by atoms with Crippen molar-refractivity contribution in [3.63, 3.8) is 0 Å². The largest absolute Gasteiger partial charge is 0.329 e. The molecule has 0 bridgehead atoms. The van der Waals surface area contributed by atoms with Crippen molar-refractivity contribution < 1.29 is 8.42 Å². The molecule has 0 spiro atoms. The number of benzene rings is 1. The molecule has 0 N–H and O–H groups in total. The van der Waals surface area contributed by atoms with E-state index in [-0.39, 0.29) is 5.82 Å². The SMILES string of the molecule is Cn1c(Cn2nnc(C(C)(C)S(C)(=O)=O)n2)nc2ccccc21. The Hall–Kier alpha value is -2.29. The minimum Gasteiger partial charge on any atom is -0.329 e. The van der Waals surface area contributed by atoms with Crippen molar-refractivity contribution in [2.75, 3.05) is 6.26 Å². The zero-order valence-electron chi connectivity index (χ0n) is 13.4. The van der Waals surface area contributed by atoms with Crippen molar-refractivity contribution >= 4 is 20.9 Å². The molecule has 122 valence electrons. The van der Waals surface area contributed by atoms with E-state index in [1.807, 2.05) is 35.9 Å². The molecule has 0 fully saturated rings. The third-order valence-corrected chi connectivity index (χ3v) is 6.12. The minimum atomic E-state index is -3.34. The molecule has 2 aromatic heterocycles. The average Bonchev–Trinajstić information content (AvgIpc) is 3.05. The number of tetrazole rings is 1. The number of aryl methyl sites for hydroxylation is 1. The summed E-state index contributed by atoms with van der Waals surface area (Å²) in [5.74, 6) is 0.950. The summed E-state index contributed by atoms with van der Waals surface area (Å²) in [6, 6.07) is 7.80. The van der Waals surface area contributed by atoms with Gasteiger partial charge in [0.1, 0.15) is 17.1 Å². The number of nitrogens with zero attached hydrogens (tertiary/aromatic N) is 6. The second kappa shape index (κ2) is 5.12. The number of fused-ring (bicyclic) bond motifs is 1. The third kappa shape index (κ3) is 2.61. The molecule has 0 saturated carbocycles. The van der Waals surface area contributed by atoms with Gasteiger partial charge >= 0.3 is 0 Å². The number of hydrogen-bond donors (Lipinski definition) is 0. The van der Waals surface area contributed by atoms with Crippen molar-refractivity contribution in [1.82, 2.24) is 29.8 Å². The molecular formula is C14H18N6O2S. The third-order valence-electron chi connectivity index (χ3n) is 4.08. The van der Waals surface area contributed by atoms with Crippen LogP contribution in [0.25, 0.3) is 11.0 Å². The number of sulfone groups is 1. The Balaban J connectivity index is 1.94. The summed E-state index contributed by atoms with van der Waals surface area (Å²) in [7, 11) is -1.42. The standard InChI is InChI=1S/C14H18N6O2S/c1-14(2,23(4,21)22)13-16-18-20(17-13)9-12-15-10-7-5-6-8-11(10)19(12)3/h5-8H,9H2,1-4H3. The van der Waals surface area contributed by atoms with Crippen LogP contribution in [0.2, 0.25) is 0 Å². The van der Waals surface area contributed by atoms with Crippen molar-refractivity contribution in [2.24, 2.45) is 7.05 Å². The second-order valence-corrected chi connectivity index (χ2v) is 8.57. The van der Waals surface area contributed by atoms with Crippen molar-refractivity contribution in [2.45, 2.75) is 25.1 Å². The molecule has 9 heteroatoms. The van der Waals surface area contributed by atoms with Crippen molar-refractivity contribution in [3.05, 3.63) is 35.9 Å². The Labute approximate surface area is 134 Å². The summed E-state index contributed by atoms with van der Waals surface area (Å²) in [4.78, 5) is 5.91. The van der Waals surface area contributed by atoms with E-state index in [2.05, 4.69) is 20.4 Å². The molecule has 0 atom stereocenters. The Kier molecular flexibility index (Phi) is 3.47. The number of para-hydroxylation sites is 2. The Morgan fingerprint density at radius 1 is 1.22 bits per heavy atom. The monoisotopic (exact) mass is 334 g/mol. The minimum absolute atomic E-state index is 0.179. The fourth-order valence-electron chi connectivity index (χ4n) is 2.18. The molecule has 1 aromatic carbocycles. The van der Waals surface area contributed by atoms with Gasteiger partial charge < -0.3 is 4.57 Å². The highest BCUT2D eigenvalue weighted by Gasteiger charge is 2.37. The summed E-state index contributed by atoms with van der Waals surface area (Å²) in [5, 5.41) is 12.1. The van der Waals surface area contributed by atoms with Gasteiger partial charge in [-0.2, -0.15) is 4.80 Å². The molecule has 0 radical (unpaired) electrons. The lowest BCUT2D eigenvalue weighted by Crippen LogP contribution is -2.29. The summed E-state index contributed by atoms with van der Waals surface area (Å²) < 4.78 is 24.5. The van der Waals surface area contributed by atoms with Gasteiger partial charge in [0.2, 0.25) is 0 Å². The van der Waals surface area contributed by atoms with Gasteiger partial charge in [0.15, 0.2) is 15.7 Å². The van der Waals surface area contributed by atoms with E-state index < -0.39 is 14.6 Å². The quantitative estimate of drug-likeness (QED) is 0.703. The maximum absolute atomic E-state index is 11.9. The zero-order chi connectivity index (χ0) is 16.8. The molecular weight excluding hydrogens is 316 g/mol. The molecule has 0 saturated heterocycles. The number of rotatable bonds is 4. The van der Waals surface area contributed by atoms with E-state index in [9.17, 15) is 8.42 Å². The van der Waals surface area contributed by atoms with Gasteiger partial charge in [0.25, 0.3) is 0 Å². The van der Waals surface area contributed by atoms with E-state index in [1.165, 1.54) is 11.1 Å². The maximum Gasteiger partial charge on any atom is 0.195 e. The first-order chi connectivity index (χ1) is 10.7. The van der Waals surface area contributed by atoms with Crippen LogP contribution in [0.1, 0.15) is 25.5 Å². The van der Waals surface area contributed by atoms with Crippen LogP contribution in [0.3, 0.4) is 0 Å². The van der Waals surface area contributed by atoms with Crippen LogP contribution in [-0.2, 0) is 28.2 Å². The molecule has 0 amide bonds. The molecule has 0 unspecified atom stereocenters. The van der Waals surface area contributed by atoms with Crippen LogP contribution < -0.4 is 0 Å². The number of hydrogen-bond acceptors (Lipinski definition) is 6. The van der Waals surface area contributed by atoms with Crippen LogP contribution in [0.5, 0.6) is 0 Å². The smallest absolute Gasteiger partial charge is 0.195 e. The Morgan fingerprint density at radius 2 is 1.91 bits per heavy atom. The number of imidazole rings is 1. The first-order valence-electron chi connectivity index (χ1n) is 7.08. The van der Waals surface area contributed by atoms with Crippen LogP contribution in [-0.4, -0.2) is 44.4 Å². The van der Waals surface area contributed by atoms with Crippen LogP contribution in [0.4, 0.5) is 0 Å². The molecule has 2 heterocycles. The van der Waals surface area contributed by atoms with Gasteiger partial charge in [-0.15, -0.1) is 10.2 Å². The predicted octanol–water partition coefficient (Wildman–Crippen LogP) is 0.888. The van der Waals surface area contributed by atoms with Crippen molar-refractivity contribution in [3.8, 4) is 0 Å². The molecule has 23 heavy (non-hydrogen) atoms. The van der Waals surface area contributed by atoms with E-state index in [0.29, 0.717) is 6.54 Å². The fraction of sp³-hybridized carbons (Fsp3) is 0.429. The zero-order valence-corrected chi connectivity index (χ0v) is 14.2. The molecule has 0 aliphatic heterocycles. The van der Waals surface area contributed by atoms with Gasteiger partial charge in [-0.05, 0) is 31.2 Å². The first-order valence-corrected chi connectivity index (χ1v) is 8.97. The molecule has 8 nitrogen and oxygen atoms in total. The summed E-state index contributed by atoms with van der Waals surface area (Å²) in [6.07, 6.45) is 1.17. The molecule has 0 aliphatic rings. The fourth-order valence-corrected chi connectivity index (χ4v) is 2.59. The van der Waals surface area contributed by atoms with Crippen LogP contribution in [0, 0.1) is 0 Å². The number of aromatic nitrogens is 6. The second-order valence-electron chi connectivity index (χ2n) is 6.00. The highest BCUT2D eigenvalue weighted by molar-refractivity contribution is 7.91. The predicted molar refractivity (Wildman–Crippen MR) is 85.5 cm³/mol. The van der Waals surface area contributed by atoms with Gasteiger partial charge in [0, 0.05) is 13.3 Å². The van der Waals surface area contributed by atoms with E-state index in [0.717, 1.165) is 16.9 Å². The average molecular weight is 334 g/mol. The molecule has 0 aliphatic carbocycles. The summed E-state index contributed by atoms with van der Waals surface area (Å²) in [6.45, 7) is 3.45. The topological polar surface area (TPSA) is 95.6 Å². The van der Waals surface area contributed by atoms with Gasteiger partial charge in [-0.3, -0.25) is 0 Å². The van der Waals surface area contributed by atoms with Gasteiger partial charge in [-0.25, -0.2) is 13.4 Å². The maximum atomic E-state index is 11.9. The van der Waals surface area contributed by atoms with Gasteiger partial charge in [0.05, 0.1) is 11.0 Å². The lowest BCUT2D eigenvalue weighted by Gasteiger charge is -2.17. The first kappa shape index (κ1) is 15.6. The van der Waals surface area contributed by atoms with Crippen molar-refractivity contribution in [1.29, 1.82) is 0 Å². The van der Waals surface area contributed by atoms with Gasteiger partial charge in [-0.1, -0.05) is 12.1 Å². The van der Waals surface area contributed by atoms with E-state index in [1.54, 1.807) is 13.8 Å². The van der Waals surface area contributed by atoms with E-state index in [4.69, 9.17) is 0 Å². The summed E-state index contributed by atoms with van der Waals surface area (Å²) >= 11 is 0. The lowest BCUT2D eigenvalue weighted by atomic mass is 10.2. The molecule has 3 aromatic rings. The molecule has 3 rings (SSSR count). The lowest BCUT2D eigenvalue weighted by molar-refractivity contribution is 0.530. The Bertz CT molecular complexity index is 970. The highest BCUT2D eigenvalue weighted by Crippen LogP contribution is 2.25. The van der Waals surface area contributed by atoms with E-state index >= 15 is 0 Å². The normalized spacial score (nSPS) is 12.9. The highest BCUT2D eigenvalue weighted by atomic mass is 32.2. The van der Waals surface area contributed by atoms with Crippen LogP contribution >= 0.6 is 0 Å².